The zero-order valence-corrected chi connectivity index (χ0v) is 12.7. The van der Waals surface area contributed by atoms with Crippen LogP contribution in [0.15, 0.2) is 84.9 Å². The van der Waals surface area contributed by atoms with Crippen molar-refractivity contribution in [1.82, 2.24) is 0 Å². The smallest absolute Gasteiger partial charge is 0.00673 e. The average Bonchev–Trinajstić information content (AvgIpc) is 2.60. The van der Waals surface area contributed by atoms with E-state index < -0.39 is 0 Å². The molecule has 1 unspecified atom stereocenters. The van der Waals surface area contributed by atoms with Gasteiger partial charge in [0.05, 0.1) is 0 Å². The first-order valence-electron chi connectivity index (χ1n) is 7.79. The lowest BCUT2D eigenvalue weighted by atomic mass is 9.88. The van der Waals surface area contributed by atoms with Crippen molar-refractivity contribution in [1.29, 1.82) is 0 Å². The van der Waals surface area contributed by atoms with Gasteiger partial charge in [0.1, 0.15) is 0 Å². The maximum atomic E-state index is 2.32. The fourth-order valence-corrected chi connectivity index (χ4v) is 3.28. The van der Waals surface area contributed by atoms with Gasteiger partial charge in [0, 0.05) is 5.92 Å². The van der Waals surface area contributed by atoms with Crippen molar-refractivity contribution in [2.45, 2.75) is 12.8 Å². The van der Waals surface area contributed by atoms with Crippen molar-refractivity contribution in [3.05, 3.63) is 96.1 Å². The molecular formula is C22H18. The molecule has 106 valence electrons. The Balaban J connectivity index is 1.86. The van der Waals surface area contributed by atoms with E-state index in [-0.39, 0.29) is 0 Å². The van der Waals surface area contributed by atoms with Crippen LogP contribution in [0.25, 0.3) is 21.5 Å². The lowest BCUT2D eigenvalue weighted by Gasteiger charge is -2.16. The maximum Gasteiger partial charge on any atom is 0.00673 e. The molecule has 0 aliphatic rings. The zero-order chi connectivity index (χ0) is 14.9. The first kappa shape index (κ1) is 13.1. The third kappa shape index (κ3) is 2.17. The van der Waals surface area contributed by atoms with Gasteiger partial charge in [-0.2, -0.15) is 0 Å². The van der Waals surface area contributed by atoms with E-state index in [1.54, 1.807) is 0 Å². The molecule has 0 radical (unpaired) electrons. The molecule has 0 saturated carbocycles. The van der Waals surface area contributed by atoms with Gasteiger partial charge in [-0.05, 0) is 32.7 Å². The van der Waals surface area contributed by atoms with Gasteiger partial charge in [-0.3, -0.25) is 0 Å². The van der Waals surface area contributed by atoms with Gasteiger partial charge in [-0.15, -0.1) is 0 Å². The molecule has 4 aromatic carbocycles. The highest BCUT2D eigenvalue weighted by atomic mass is 14.2. The minimum absolute atomic E-state index is 0.385. The highest BCUT2D eigenvalue weighted by Crippen LogP contribution is 2.31. The van der Waals surface area contributed by atoms with E-state index in [2.05, 4.69) is 91.9 Å². The molecule has 4 aromatic rings. The standard InChI is InChI=1S/C22H18/c1-16(19-14-13-17-7-2-3-9-20(17)15-19)21-12-6-10-18-8-4-5-11-22(18)21/h2-16H,1H3. The second-order valence-corrected chi connectivity index (χ2v) is 5.90. The summed E-state index contributed by atoms with van der Waals surface area (Å²) in [6.45, 7) is 2.30. The lowest BCUT2D eigenvalue weighted by molar-refractivity contribution is 0.936. The maximum absolute atomic E-state index is 2.32. The zero-order valence-electron chi connectivity index (χ0n) is 12.7. The van der Waals surface area contributed by atoms with E-state index in [0.29, 0.717) is 5.92 Å². The normalized spacial score (nSPS) is 12.6. The first-order chi connectivity index (χ1) is 10.8. The number of fused-ring (bicyclic) bond motifs is 2. The largest absolute Gasteiger partial charge is 0.0616 e. The van der Waals surface area contributed by atoms with Crippen LogP contribution < -0.4 is 0 Å². The Hall–Kier alpha value is -2.60. The molecule has 0 N–H and O–H groups in total. The molecule has 0 spiro atoms. The van der Waals surface area contributed by atoms with Gasteiger partial charge in [0.2, 0.25) is 0 Å². The Labute approximate surface area is 131 Å². The summed E-state index contributed by atoms with van der Waals surface area (Å²) in [6.07, 6.45) is 0. The van der Waals surface area contributed by atoms with Crippen molar-refractivity contribution >= 4 is 21.5 Å². The highest BCUT2D eigenvalue weighted by Gasteiger charge is 2.11. The fraction of sp³-hybridized carbons (Fsp3) is 0.0909. The highest BCUT2D eigenvalue weighted by molar-refractivity contribution is 5.87. The van der Waals surface area contributed by atoms with Gasteiger partial charge in [-0.25, -0.2) is 0 Å². The topological polar surface area (TPSA) is 0 Å². The third-order valence-corrected chi connectivity index (χ3v) is 4.56. The molecule has 0 saturated heterocycles. The number of hydrogen-bond acceptors (Lipinski definition) is 0. The second-order valence-electron chi connectivity index (χ2n) is 5.90. The molecule has 0 aliphatic carbocycles. The van der Waals surface area contributed by atoms with Gasteiger partial charge in [0.25, 0.3) is 0 Å². The number of rotatable bonds is 2. The van der Waals surface area contributed by atoms with Crippen molar-refractivity contribution in [2.75, 3.05) is 0 Å². The summed E-state index contributed by atoms with van der Waals surface area (Å²) in [5, 5.41) is 5.28. The molecule has 22 heavy (non-hydrogen) atoms. The predicted molar refractivity (Wildman–Crippen MR) is 95.4 cm³/mol. The molecule has 0 bridgehead atoms. The summed E-state index contributed by atoms with van der Waals surface area (Å²) in [7, 11) is 0. The summed E-state index contributed by atoms with van der Waals surface area (Å²) in [6, 6.07) is 30.6. The van der Waals surface area contributed by atoms with Crippen LogP contribution in [-0.4, -0.2) is 0 Å². The van der Waals surface area contributed by atoms with E-state index in [9.17, 15) is 0 Å². The summed E-state index contributed by atoms with van der Waals surface area (Å²) >= 11 is 0. The van der Waals surface area contributed by atoms with Crippen LogP contribution in [0.1, 0.15) is 24.0 Å². The van der Waals surface area contributed by atoms with Crippen molar-refractivity contribution in [3.63, 3.8) is 0 Å². The summed E-state index contributed by atoms with van der Waals surface area (Å²) in [5.41, 5.74) is 2.77. The Morgan fingerprint density at radius 1 is 0.591 bits per heavy atom. The summed E-state index contributed by atoms with van der Waals surface area (Å²) in [5.74, 6) is 0.385. The number of hydrogen-bond donors (Lipinski definition) is 0. The van der Waals surface area contributed by atoms with Crippen LogP contribution in [0.4, 0.5) is 0 Å². The van der Waals surface area contributed by atoms with E-state index in [1.807, 2.05) is 0 Å². The Morgan fingerprint density at radius 2 is 1.27 bits per heavy atom. The lowest BCUT2D eigenvalue weighted by Crippen LogP contribution is -1.97. The molecule has 1 atom stereocenters. The van der Waals surface area contributed by atoms with Crippen LogP contribution in [0.2, 0.25) is 0 Å². The van der Waals surface area contributed by atoms with Crippen LogP contribution in [0.5, 0.6) is 0 Å². The molecule has 0 aliphatic heterocycles. The molecule has 0 amide bonds. The fourth-order valence-electron chi connectivity index (χ4n) is 3.28. The minimum atomic E-state index is 0.385. The van der Waals surface area contributed by atoms with E-state index in [0.717, 1.165) is 0 Å². The van der Waals surface area contributed by atoms with Crippen molar-refractivity contribution in [3.8, 4) is 0 Å². The monoisotopic (exact) mass is 282 g/mol. The molecule has 0 nitrogen and oxygen atoms in total. The van der Waals surface area contributed by atoms with Crippen LogP contribution in [-0.2, 0) is 0 Å². The van der Waals surface area contributed by atoms with Gasteiger partial charge < -0.3 is 0 Å². The van der Waals surface area contributed by atoms with E-state index in [4.69, 9.17) is 0 Å². The SMILES string of the molecule is CC(c1ccc2ccccc2c1)c1cccc2ccccc12. The van der Waals surface area contributed by atoms with Crippen LogP contribution in [0.3, 0.4) is 0 Å². The first-order valence-corrected chi connectivity index (χ1v) is 7.79. The van der Waals surface area contributed by atoms with Gasteiger partial charge >= 0.3 is 0 Å². The predicted octanol–water partition coefficient (Wildman–Crippen LogP) is 6.14. The van der Waals surface area contributed by atoms with Crippen LogP contribution in [0, 0.1) is 0 Å². The van der Waals surface area contributed by atoms with E-state index in [1.165, 1.54) is 32.7 Å². The van der Waals surface area contributed by atoms with Crippen molar-refractivity contribution in [2.24, 2.45) is 0 Å². The molecule has 0 fully saturated rings. The molecule has 0 aromatic heterocycles. The Bertz CT molecular complexity index is 945. The molecule has 0 heterocycles. The number of benzene rings is 4. The second kappa shape index (κ2) is 5.31. The Kier molecular flexibility index (Phi) is 3.16. The summed E-state index contributed by atoms with van der Waals surface area (Å²) < 4.78 is 0. The summed E-state index contributed by atoms with van der Waals surface area (Å²) in [4.78, 5) is 0. The van der Waals surface area contributed by atoms with Gasteiger partial charge in [-0.1, -0.05) is 91.9 Å². The molecule has 4 rings (SSSR count). The van der Waals surface area contributed by atoms with E-state index >= 15 is 0 Å². The van der Waals surface area contributed by atoms with Crippen molar-refractivity contribution < 1.29 is 0 Å². The van der Waals surface area contributed by atoms with Crippen LogP contribution >= 0.6 is 0 Å². The molecule has 0 heteroatoms. The van der Waals surface area contributed by atoms with Gasteiger partial charge in [0.15, 0.2) is 0 Å². The minimum Gasteiger partial charge on any atom is -0.0616 e. The molecular weight excluding hydrogens is 264 g/mol. The Morgan fingerprint density at radius 3 is 2.14 bits per heavy atom. The third-order valence-electron chi connectivity index (χ3n) is 4.56. The average molecular weight is 282 g/mol. The quantitative estimate of drug-likeness (QED) is 0.414.